The third kappa shape index (κ3) is 6.07. The molecule has 2 aliphatic heterocycles. The predicted octanol–water partition coefficient (Wildman–Crippen LogP) is 7.06. The zero-order chi connectivity index (χ0) is 28.4. The van der Waals surface area contributed by atoms with Gasteiger partial charge < -0.3 is 18.5 Å². The van der Waals surface area contributed by atoms with Crippen LogP contribution < -0.4 is 4.90 Å². The van der Waals surface area contributed by atoms with E-state index < -0.39 is 7.60 Å². The van der Waals surface area contributed by atoms with E-state index in [9.17, 15) is 14.3 Å². The second kappa shape index (κ2) is 11.9. The van der Waals surface area contributed by atoms with Gasteiger partial charge in [-0.1, -0.05) is 56.3 Å². The number of nitrogens with zero attached hydrogens (tertiary/aromatic N) is 2. The lowest BCUT2D eigenvalue weighted by Gasteiger charge is -2.27. The molecule has 0 amide bonds. The first-order chi connectivity index (χ1) is 18.4. The standard InChI is InChI=1S/C29H34IN2O5PS/c1-6-36-38(34,35)19-18-31-23-14-9-7-12-21(23)28(2,3)25(31)16-11-17-26-29(4,5)22-13-8-10-15-24(22)32(26)20-27(33)37-39-30/h7-17H,6,18-20H2,1-5H3/p+1. The molecule has 2 aliphatic rings. The van der Waals surface area contributed by atoms with Gasteiger partial charge in [0.2, 0.25) is 12.2 Å². The Hall–Kier alpha value is -1.91. The van der Waals surface area contributed by atoms with Crippen molar-refractivity contribution in [3.8, 4) is 0 Å². The molecular weight excluding hydrogens is 646 g/mol. The number of allylic oxidation sites excluding steroid dienone is 4. The molecule has 0 bridgehead atoms. The minimum absolute atomic E-state index is 0.0245. The molecule has 1 atom stereocenters. The predicted molar refractivity (Wildman–Crippen MR) is 167 cm³/mol. The Labute approximate surface area is 247 Å². The van der Waals surface area contributed by atoms with E-state index in [1.165, 1.54) is 0 Å². The monoisotopic (exact) mass is 681 g/mol. The Bertz CT molecular complexity index is 1400. The maximum absolute atomic E-state index is 12.5. The summed E-state index contributed by atoms with van der Waals surface area (Å²) in [6.07, 6.45) is 6.18. The molecule has 2 aromatic rings. The van der Waals surface area contributed by atoms with Crippen LogP contribution in [-0.4, -0.2) is 47.0 Å². The highest BCUT2D eigenvalue weighted by molar-refractivity contribution is 14.2. The molecule has 1 unspecified atom stereocenters. The van der Waals surface area contributed by atoms with E-state index in [2.05, 4.69) is 62.9 Å². The van der Waals surface area contributed by atoms with Crippen molar-refractivity contribution in [3.05, 3.63) is 83.6 Å². The first kappa shape index (κ1) is 30.1. The normalized spacial score (nSPS) is 19.9. The number of carbonyl (C=O) groups excluding carboxylic acids is 1. The van der Waals surface area contributed by atoms with Gasteiger partial charge in [0.25, 0.3) is 0 Å². The van der Waals surface area contributed by atoms with Crippen molar-refractivity contribution in [1.82, 2.24) is 0 Å². The molecule has 0 spiro atoms. The van der Waals surface area contributed by atoms with Crippen LogP contribution in [-0.2, 0) is 28.9 Å². The summed E-state index contributed by atoms with van der Waals surface area (Å²) in [6, 6.07) is 16.3. The minimum atomic E-state index is -3.69. The molecule has 0 saturated carbocycles. The highest BCUT2D eigenvalue weighted by Gasteiger charge is 2.45. The molecule has 2 heterocycles. The summed E-state index contributed by atoms with van der Waals surface area (Å²) in [5.41, 5.74) is 5.72. The Kier molecular flexibility index (Phi) is 9.18. The average molecular weight is 682 g/mol. The van der Waals surface area contributed by atoms with Gasteiger partial charge >= 0.3 is 13.6 Å². The topological polar surface area (TPSA) is 79.1 Å². The Morgan fingerprint density at radius 2 is 1.77 bits per heavy atom. The van der Waals surface area contributed by atoms with Crippen LogP contribution in [0.15, 0.2) is 72.5 Å². The van der Waals surface area contributed by atoms with Crippen LogP contribution in [0.2, 0.25) is 0 Å². The maximum Gasteiger partial charge on any atom is 0.385 e. The molecule has 0 fully saturated rings. The lowest BCUT2D eigenvalue weighted by atomic mass is 9.81. The Morgan fingerprint density at radius 1 is 1.10 bits per heavy atom. The van der Waals surface area contributed by atoms with Gasteiger partial charge in [-0.3, -0.25) is 4.57 Å². The number of rotatable bonds is 10. The van der Waals surface area contributed by atoms with Gasteiger partial charge in [0.1, 0.15) is 9.21 Å². The largest absolute Gasteiger partial charge is 0.385 e. The number of anilines is 1. The van der Waals surface area contributed by atoms with Crippen molar-refractivity contribution >= 4 is 61.1 Å². The van der Waals surface area contributed by atoms with Crippen LogP contribution in [0.1, 0.15) is 45.7 Å². The minimum Gasteiger partial charge on any atom is -0.375 e. The molecule has 7 nitrogen and oxygen atoms in total. The maximum atomic E-state index is 12.5. The van der Waals surface area contributed by atoms with E-state index in [1.807, 2.05) is 62.2 Å². The zero-order valence-corrected chi connectivity index (χ0v) is 26.8. The molecule has 2 aromatic carbocycles. The third-order valence-electron chi connectivity index (χ3n) is 7.46. The quantitative estimate of drug-likeness (QED) is 0.125. The van der Waals surface area contributed by atoms with Crippen LogP contribution in [0.3, 0.4) is 0 Å². The molecular formula is C29H35IN2O5PS+. The van der Waals surface area contributed by atoms with Gasteiger partial charge in [0.05, 0.1) is 18.2 Å². The fourth-order valence-corrected chi connectivity index (χ4v) is 7.32. The molecule has 0 saturated heterocycles. The van der Waals surface area contributed by atoms with E-state index in [1.54, 1.807) is 6.92 Å². The Morgan fingerprint density at radius 3 is 2.46 bits per heavy atom. The number of carbonyl (C=O) groups is 1. The van der Waals surface area contributed by atoms with Crippen molar-refractivity contribution in [3.63, 3.8) is 0 Å². The van der Waals surface area contributed by atoms with Gasteiger partial charge in [-0.05, 0) is 38.5 Å². The van der Waals surface area contributed by atoms with Crippen LogP contribution in [0.25, 0.3) is 0 Å². The van der Waals surface area contributed by atoms with Crippen molar-refractivity contribution < 1.29 is 27.5 Å². The smallest absolute Gasteiger partial charge is 0.375 e. The highest BCUT2D eigenvalue weighted by Crippen LogP contribution is 2.49. The first-order valence-electron chi connectivity index (χ1n) is 12.9. The highest BCUT2D eigenvalue weighted by atomic mass is 127. The van der Waals surface area contributed by atoms with Crippen LogP contribution >= 0.6 is 38.0 Å². The Balaban J connectivity index is 1.74. The van der Waals surface area contributed by atoms with E-state index in [-0.39, 0.29) is 36.1 Å². The number of hydrogen-bond donors (Lipinski definition) is 1. The summed E-state index contributed by atoms with van der Waals surface area (Å²) in [5, 5.41) is 0. The van der Waals surface area contributed by atoms with Gasteiger partial charge in [0.15, 0.2) is 5.71 Å². The molecule has 39 heavy (non-hydrogen) atoms. The second-order valence-electron chi connectivity index (χ2n) is 10.6. The summed E-state index contributed by atoms with van der Waals surface area (Å²) in [5.74, 6) is -0.313. The van der Waals surface area contributed by atoms with Gasteiger partial charge in [0, 0.05) is 62.3 Å². The van der Waals surface area contributed by atoms with Crippen LogP contribution in [0.5, 0.6) is 0 Å². The summed E-state index contributed by atoms with van der Waals surface area (Å²) in [6.45, 7) is 11.0. The second-order valence-corrected chi connectivity index (χ2v) is 14.0. The first-order valence-corrected chi connectivity index (χ1v) is 17.9. The van der Waals surface area contributed by atoms with Gasteiger partial charge in [-0.15, -0.1) is 0 Å². The average Bonchev–Trinajstić information content (AvgIpc) is 3.22. The SMILES string of the molecule is CCOP(=O)(O)CCN1/C(=C\C=C\C2=[N+](CC(=O)OSI)c3ccccc3C2(C)C)C(C)(C)c2ccccc21. The molecule has 10 heteroatoms. The molecule has 208 valence electrons. The zero-order valence-electron chi connectivity index (χ0n) is 22.9. The number of hydrogen-bond acceptors (Lipinski definition) is 6. The summed E-state index contributed by atoms with van der Waals surface area (Å²) in [7, 11) is -2.67. The summed E-state index contributed by atoms with van der Waals surface area (Å²) < 4.78 is 24.9. The van der Waals surface area contributed by atoms with E-state index in [0.29, 0.717) is 6.54 Å². The fraction of sp³-hybridized carbons (Fsp3) is 0.379. The number of fused-ring (bicyclic) bond motifs is 2. The number of benzene rings is 2. The summed E-state index contributed by atoms with van der Waals surface area (Å²) >= 11 is 1.95. The molecule has 1 N–H and O–H groups in total. The lowest BCUT2D eigenvalue weighted by molar-refractivity contribution is -0.427. The number of halogens is 1. The molecule has 4 rings (SSSR count). The van der Waals surface area contributed by atoms with Gasteiger partial charge in [-0.25, -0.2) is 4.79 Å². The molecule has 0 aliphatic carbocycles. The van der Waals surface area contributed by atoms with Crippen molar-refractivity contribution in [1.29, 1.82) is 0 Å². The molecule has 0 radical (unpaired) electrons. The number of para-hydroxylation sites is 2. The fourth-order valence-electron chi connectivity index (χ4n) is 5.61. The van der Waals surface area contributed by atoms with E-state index in [0.717, 1.165) is 43.1 Å². The van der Waals surface area contributed by atoms with Crippen molar-refractivity contribution in [2.24, 2.45) is 0 Å². The van der Waals surface area contributed by atoms with E-state index >= 15 is 0 Å². The summed E-state index contributed by atoms with van der Waals surface area (Å²) in [4.78, 5) is 24.9. The van der Waals surface area contributed by atoms with Crippen molar-refractivity contribution in [2.45, 2.75) is 45.4 Å². The van der Waals surface area contributed by atoms with Crippen LogP contribution in [0.4, 0.5) is 11.4 Å². The van der Waals surface area contributed by atoms with Gasteiger partial charge in [-0.2, -0.15) is 4.58 Å². The van der Waals surface area contributed by atoms with Crippen LogP contribution in [0, 0.1) is 0 Å². The molecule has 0 aromatic heterocycles. The van der Waals surface area contributed by atoms with E-state index in [4.69, 9.17) is 8.71 Å². The third-order valence-corrected chi connectivity index (χ3v) is 9.67. The van der Waals surface area contributed by atoms with Crippen molar-refractivity contribution in [2.75, 3.05) is 30.8 Å². The lowest BCUT2D eigenvalue weighted by Crippen LogP contribution is -2.30.